The smallest absolute Gasteiger partial charge is 0.126 e. The van der Waals surface area contributed by atoms with Gasteiger partial charge in [-0.15, -0.1) is 0 Å². The zero-order valence-corrected chi connectivity index (χ0v) is 16.3. The highest BCUT2D eigenvalue weighted by Crippen LogP contribution is 2.42. The summed E-state index contributed by atoms with van der Waals surface area (Å²) in [6.45, 7) is 10.5. The van der Waals surface area contributed by atoms with Gasteiger partial charge in [0.2, 0.25) is 0 Å². The minimum absolute atomic E-state index is 0.106. The molecule has 3 heteroatoms. The van der Waals surface area contributed by atoms with Crippen LogP contribution in [0.25, 0.3) is 0 Å². The van der Waals surface area contributed by atoms with E-state index in [1.165, 1.54) is 0 Å². The Hall–Kier alpha value is -1.48. The average Bonchev–Trinajstić information content (AvgIpc) is 3.17. The number of phenols is 1. The third-order valence-corrected chi connectivity index (χ3v) is 5.93. The van der Waals surface area contributed by atoms with E-state index in [9.17, 15) is 5.11 Å². The number of benzene rings is 1. The summed E-state index contributed by atoms with van der Waals surface area (Å²) < 4.78 is 12.0. The molecule has 0 aromatic heterocycles. The van der Waals surface area contributed by atoms with Crippen LogP contribution in [-0.2, 0) is 11.2 Å². The largest absolute Gasteiger partial charge is 0.508 e. The van der Waals surface area contributed by atoms with Gasteiger partial charge < -0.3 is 14.6 Å². The van der Waals surface area contributed by atoms with Crippen molar-refractivity contribution in [3.05, 3.63) is 34.9 Å². The molecule has 0 bridgehead atoms. The van der Waals surface area contributed by atoms with Crippen LogP contribution in [0.15, 0.2) is 18.2 Å². The average molecular weight is 344 g/mol. The van der Waals surface area contributed by atoms with Crippen LogP contribution in [0, 0.1) is 13.8 Å². The first-order valence-corrected chi connectivity index (χ1v) is 9.56. The van der Waals surface area contributed by atoms with Crippen LogP contribution in [-0.4, -0.2) is 22.4 Å². The van der Waals surface area contributed by atoms with Crippen molar-refractivity contribution in [2.24, 2.45) is 0 Å². The third kappa shape index (κ3) is 4.03. The first-order valence-electron chi connectivity index (χ1n) is 9.56. The molecule has 2 atom stereocenters. The summed E-state index contributed by atoms with van der Waals surface area (Å²) in [5.74, 6) is 1.37. The molecule has 1 fully saturated rings. The predicted octanol–water partition coefficient (Wildman–Crippen LogP) is 5.39. The Labute approximate surface area is 152 Å². The molecular formula is C22H32O3. The van der Waals surface area contributed by atoms with E-state index in [0.717, 1.165) is 61.0 Å². The van der Waals surface area contributed by atoms with E-state index < -0.39 is 0 Å². The number of ether oxygens (including phenoxy) is 2. The number of allylic oxidation sites excluding steroid dienone is 2. The zero-order chi connectivity index (χ0) is 18.2. The van der Waals surface area contributed by atoms with Crippen LogP contribution in [0.4, 0.5) is 0 Å². The molecule has 2 heterocycles. The first-order chi connectivity index (χ1) is 11.7. The van der Waals surface area contributed by atoms with E-state index in [1.54, 1.807) is 0 Å². The molecule has 1 aromatic rings. The van der Waals surface area contributed by atoms with E-state index in [1.807, 2.05) is 19.9 Å². The van der Waals surface area contributed by atoms with Crippen molar-refractivity contribution in [1.82, 2.24) is 0 Å². The molecule has 0 spiro atoms. The van der Waals surface area contributed by atoms with Gasteiger partial charge >= 0.3 is 0 Å². The Morgan fingerprint density at radius 3 is 2.52 bits per heavy atom. The van der Waals surface area contributed by atoms with Gasteiger partial charge in [0.15, 0.2) is 0 Å². The Balaban J connectivity index is 1.51. The molecule has 2 unspecified atom stereocenters. The molecule has 1 saturated heterocycles. The molecule has 3 nitrogen and oxygen atoms in total. The summed E-state index contributed by atoms with van der Waals surface area (Å²) in [4.78, 5) is 0. The fraction of sp³-hybridized carbons (Fsp3) is 0.636. The minimum atomic E-state index is -0.118. The van der Waals surface area contributed by atoms with Gasteiger partial charge in [-0.3, -0.25) is 0 Å². The van der Waals surface area contributed by atoms with Crippen molar-refractivity contribution in [3.8, 4) is 11.5 Å². The molecule has 0 radical (unpaired) electrons. The fourth-order valence-corrected chi connectivity index (χ4v) is 3.75. The zero-order valence-electron chi connectivity index (χ0n) is 16.3. The fourth-order valence-electron chi connectivity index (χ4n) is 3.75. The minimum Gasteiger partial charge on any atom is -0.508 e. The molecule has 0 saturated carbocycles. The van der Waals surface area contributed by atoms with Gasteiger partial charge in [-0.2, -0.15) is 0 Å². The van der Waals surface area contributed by atoms with Gasteiger partial charge in [0, 0.05) is 0 Å². The van der Waals surface area contributed by atoms with Crippen LogP contribution < -0.4 is 4.74 Å². The number of epoxide rings is 1. The molecule has 1 N–H and O–H groups in total. The standard InChI is InChI=1S/C22H32O3/c1-15-16(2)20-17(14-18(15)23)11-13-22(5,25-20)12-9-7-6-8-10-19-21(3,4)24-19/h6-7,14,19,23H,8-13H2,1-5H3/b7-6+. The Morgan fingerprint density at radius 2 is 1.84 bits per heavy atom. The number of hydrogen-bond acceptors (Lipinski definition) is 3. The maximum absolute atomic E-state index is 10.0. The lowest BCUT2D eigenvalue weighted by atomic mass is 9.87. The molecule has 3 rings (SSSR count). The second-order valence-corrected chi connectivity index (χ2v) is 8.48. The number of hydrogen-bond donors (Lipinski definition) is 1. The molecule has 138 valence electrons. The number of aryl methyl sites for hydroxylation is 1. The summed E-state index contributed by atoms with van der Waals surface area (Å²) >= 11 is 0. The summed E-state index contributed by atoms with van der Waals surface area (Å²) in [6.07, 6.45) is 11.2. The molecule has 0 amide bonds. The maximum atomic E-state index is 10.0. The second-order valence-electron chi connectivity index (χ2n) is 8.48. The highest BCUT2D eigenvalue weighted by Gasteiger charge is 2.46. The Bertz CT molecular complexity index is 674. The first kappa shape index (κ1) is 18.3. The Morgan fingerprint density at radius 1 is 1.16 bits per heavy atom. The molecule has 2 aliphatic rings. The van der Waals surface area contributed by atoms with Gasteiger partial charge in [-0.25, -0.2) is 0 Å². The number of phenolic OH excluding ortho intramolecular Hbond substituents is 1. The van der Waals surface area contributed by atoms with E-state index >= 15 is 0 Å². The van der Waals surface area contributed by atoms with Gasteiger partial charge in [0.1, 0.15) is 17.1 Å². The van der Waals surface area contributed by atoms with Crippen LogP contribution >= 0.6 is 0 Å². The Kier molecular flexibility index (Phi) is 4.89. The van der Waals surface area contributed by atoms with Gasteiger partial charge in [0.25, 0.3) is 0 Å². The summed E-state index contributed by atoms with van der Waals surface area (Å²) in [5, 5.41) is 10.0. The van der Waals surface area contributed by atoms with Crippen molar-refractivity contribution in [3.63, 3.8) is 0 Å². The van der Waals surface area contributed by atoms with E-state index in [-0.39, 0.29) is 11.2 Å². The van der Waals surface area contributed by atoms with Crippen molar-refractivity contribution in [1.29, 1.82) is 0 Å². The van der Waals surface area contributed by atoms with E-state index in [4.69, 9.17) is 9.47 Å². The number of fused-ring (bicyclic) bond motifs is 1. The quantitative estimate of drug-likeness (QED) is 0.556. The number of rotatable bonds is 6. The van der Waals surface area contributed by atoms with Gasteiger partial charge in [0.05, 0.1) is 11.7 Å². The predicted molar refractivity (Wildman–Crippen MR) is 101 cm³/mol. The lowest BCUT2D eigenvalue weighted by Gasteiger charge is -2.37. The molecule has 25 heavy (non-hydrogen) atoms. The second kappa shape index (κ2) is 6.68. The molecule has 1 aromatic carbocycles. The van der Waals surface area contributed by atoms with Crippen molar-refractivity contribution in [2.45, 2.75) is 90.4 Å². The molecule has 2 aliphatic heterocycles. The van der Waals surface area contributed by atoms with Gasteiger partial charge in [-0.05, 0) is 95.9 Å². The van der Waals surface area contributed by atoms with E-state index in [0.29, 0.717) is 11.9 Å². The topological polar surface area (TPSA) is 42.0 Å². The highest BCUT2D eigenvalue weighted by molar-refractivity contribution is 5.53. The normalized spacial score (nSPS) is 27.2. The highest BCUT2D eigenvalue weighted by atomic mass is 16.6. The monoisotopic (exact) mass is 344 g/mol. The van der Waals surface area contributed by atoms with Gasteiger partial charge in [-0.1, -0.05) is 12.2 Å². The van der Waals surface area contributed by atoms with Crippen LogP contribution in [0.5, 0.6) is 11.5 Å². The SMILES string of the molecule is Cc1c(O)cc2c(c1C)OC(C)(CC/C=C/CCC1OC1(C)C)CC2. The summed E-state index contributed by atoms with van der Waals surface area (Å²) in [5.41, 5.74) is 3.12. The van der Waals surface area contributed by atoms with Crippen molar-refractivity contribution < 1.29 is 14.6 Å². The lowest BCUT2D eigenvalue weighted by Crippen LogP contribution is -2.36. The maximum Gasteiger partial charge on any atom is 0.126 e. The third-order valence-electron chi connectivity index (χ3n) is 5.93. The summed E-state index contributed by atoms with van der Waals surface area (Å²) in [6, 6.07) is 1.87. The van der Waals surface area contributed by atoms with Crippen molar-refractivity contribution in [2.75, 3.05) is 0 Å². The van der Waals surface area contributed by atoms with Crippen LogP contribution in [0.2, 0.25) is 0 Å². The lowest BCUT2D eigenvalue weighted by molar-refractivity contribution is 0.0561. The van der Waals surface area contributed by atoms with Crippen LogP contribution in [0.3, 0.4) is 0 Å². The summed E-state index contributed by atoms with van der Waals surface area (Å²) in [7, 11) is 0. The van der Waals surface area contributed by atoms with Crippen molar-refractivity contribution >= 4 is 0 Å². The molecular weight excluding hydrogens is 312 g/mol. The molecule has 0 aliphatic carbocycles. The van der Waals surface area contributed by atoms with Crippen LogP contribution in [0.1, 0.15) is 69.6 Å². The number of aromatic hydroxyl groups is 1. The van der Waals surface area contributed by atoms with E-state index in [2.05, 4.69) is 32.9 Å².